The molecular weight excluding hydrogens is 348 g/mol. The number of nitrogens with one attached hydrogen (secondary N) is 1. The lowest BCUT2D eigenvalue weighted by Crippen LogP contribution is -2.25. The van der Waals surface area contributed by atoms with E-state index in [9.17, 15) is 0 Å². The van der Waals surface area contributed by atoms with Gasteiger partial charge in [0, 0.05) is 41.2 Å². The van der Waals surface area contributed by atoms with Gasteiger partial charge in [-0.05, 0) is 28.9 Å². The van der Waals surface area contributed by atoms with Crippen molar-refractivity contribution in [2.24, 2.45) is 0 Å². The zero-order chi connectivity index (χ0) is 15.4. The molecule has 1 N–H and O–H groups in total. The SMILES string of the molecule is Cc1nc(CN(C)c2ncc(Br)cc2CNC(C)C)cs1. The summed E-state index contributed by atoms with van der Waals surface area (Å²) >= 11 is 5.19. The first-order chi connectivity index (χ1) is 9.95. The number of hydrogen-bond donors (Lipinski definition) is 1. The minimum Gasteiger partial charge on any atom is -0.353 e. The number of hydrogen-bond acceptors (Lipinski definition) is 5. The van der Waals surface area contributed by atoms with Gasteiger partial charge < -0.3 is 10.2 Å². The van der Waals surface area contributed by atoms with Crippen LogP contribution in [-0.4, -0.2) is 23.1 Å². The molecule has 2 rings (SSSR count). The summed E-state index contributed by atoms with van der Waals surface area (Å²) in [6.07, 6.45) is 1.84. The fourth-order valence-electron chi connectivity index (χ4n) is 2.06. The van der Waals surface area contributed by atoms with Gasteiger partial charge in [0.1, 0.15) is 5.82 Å². The molecule has 21 heavy (non-hydrogen) atoms. The first kappa shape index (κ1) is 16.4. The fourth-order valence-corrected chi connectivity index (χ4v) is 3.04. The molecule has 0 atom stereocenters. The summed E-state index contributed by atoms with van der Waals surface area (Å²) < 4.78 is 1.00. The molecule has 4 nitrogen and oxygen atoms in total. The molecule has 2 aromatic rings. The average molecular weight is 369 g/mol. The molecule has 0 radical (unpaired) electrons. The number of aromatic nitrogens is 2. The predicted octanol–water partition coefficient (Wildman–Crippen LogP) is 3.74. The largest absolute Gasteiger partial charge is 0.353 e. The second-order valence-corrected chi connectivity index (χ2v) is 7.36. The van der Waals surface area contributed by atoms with Crippen LogP contribution in [0.15, 0.2) is 22.1 Å². The van der Waals surface area contributed by atoms with E-state index >= 15 is 0 Å². The number of aryl methyl sites for hydroxylation is 1. The van der Waals surface area contributed by atoms with E-state index in [1.807, 2.05) is 13.1 Å². The quantitative estimate of drug-likeness (QED) is 0.842. The maximum atomic E-state index is 4.57. The highest BCUT2D eigenvalue weighted by molar-refractivity contribution is 9.10. The number of nitrogens with zero attached hydrogens (tertiary/aromatic N) is 3. The lowest BCUT2D eigenvalue weighted by atomic mass is 10.2. The summed E-state index contributed by atoms with van der Waals surface area (Å²) in [6.45, 7) is 7.90. The van der Waals surface area contributed by atoms with Crippen LogP contribution in [0.3, 0.4) is 0 Å². The molecule has 2 heterocycles. The Bertz CT molecular complexity index is 597. The van der Waals surface area contributed by atoms with Gasteiger partial charge in [-0.15, -0.1) is 11.3 Å². The molecule has 0 aliphatic rings. The van der Waals surface area contributed by atoms with Crippen molar-refractivity contribution in [3.05, 3.63) is 38.4 Å². The third kappa shape index (κ3) is 4.76. The van der Waals surface area contributed by atoms with Crippen LogP contribution < -0.4 is 10.2 Å². The van der Waals surface area contributed by atoms with E-state index in [1.54, 1.807) is 11.3 Å². The van der Waals surface area contributed by atoms with Crippen LogP contribution in [0.1, 0.15) is 30.1 Å². The van der Waals surface area contributed by atoms with E-state index < -0.39 is 0 Å². The highest BCUT2D eigenvalue weighted by atomic mass is 79.9. The molecule has 0 spiro atoms. The highest BCUT2D eigenvalue weighted by Crippen LogP contribution is 2.22. The van der Waals surface area contributed by atoms with E-state index in [-0.39, 0.29) is 0 Å². The van der Waals surface area contributed by atoms with Crippen LogP contribution in [0.2, 0.25) is 0 Å². The van der Waals surface area contributed by atoms with Gasteiger partial charge in [-0.3, -0.25) is 0 Å². The van der Waals surface area contributed by atoms with Crippen molar-refractivity contribution in [3.8, 4) is 0 Å². The third-order valence-corrected chi connectivity index (χ3v) is 4.29. The number of rotatable bonds is 6. The minimum atomic E-state index is 0.448. The molecule has 0 bridgehead atoms. The van der Waals surface area contributed by atoms with Gasteiger partial charge in [-0.1, -0.05) is 13.8 Å². The van der Waals surface area contributed by atoms with Crippen molar-refractivity contribution < 1.29 is 0 Å². The monoisotopic (exact) mass is 368 g/mol. The standard InChI is InChI=1S/C15H21BrN4S/c1-10(2)17-6-12-5-13(16)7-18-15(12)20(4)8-14-9-21-11(3)19-14/h5,7,9-10,17H,6,8H2,1-4H3. The van der Waals surface area contributed by atoms with Crippen LogP contribution in [-0.2, 0) is 13.1 Å². The normalized spacial score (nSPS) is 11.1. The second-order valence-electron chi connectivity index (χ2n) is 5.39. The van der Waals surface area contributed by atoms with E-state index in [4.69, 9.17) is 0 Å². The Labute approximate surface area is 138 Å². The summed E-state index contributed by atoms with van der Waals surface area (Å²) in [4.78, 5) is 11.2. The Balaban J connectivity index is 2.16. The summed E-state index contributed by atoms with van der Waals surface area (Å²) in [5.41, 5.74) is 2.28. The van der Waals surface area contributed by atoms with Gasteiger partial charge in [0.15, 0.2) is 0 Å². The van der Waals surface area contributed by atoms with Crippen molar-refractivity contribution >= 4 is 33.1 Å². The average Bonchev–Trinajstić information content (AvgIpc) is 2.81. The summed E-state index contributed by atoms with van der Waals surface area (Å²) in [6, 6.07) is 2.57. The first-order valence-corrected chi connectivity index (χ1v) is 8.63. The molecule has 0 unspecified atom stereocenters. The van der Waals surface area contributed by atoms with Gasteiger partial charge in [0.25, 0.3) is 0 Å². The van der Waals surface area contributed by atoms with Crippen molar-refractivity contribution in [1.82, 2.24) is 15.3 Å². The van der Waals surface area contributed by atoms with E-state index in [1.165, 1.54) is 5.56 Å². The smallest absolute Gasteiger partial charge is 0.133 e. The van der Waals surface area contributed by atoms with E-state index in [0.717, 1.165) is 34.1 Å². The lowest BCUT2D eigenvalue weighted by molar-refractivity contribution is 0.587. The molecule has 0 saturated heterocycles. The Morgan fingerprint density at radius 1 is 1.43 bits per heavy atom. The van der Waals surface area contributed by atoms with Crippen LogP contribution in [0.5, 0.6) is 0 Å². The van der Waals surface area contributed by atoms with E-state index in [2.05, 4.69) is 68.5 Å². The first-order valence-electron chi connectivity index (χ1n) is 6.95. The number of pyridine rings is 1. The number of halogens is 1. The third-order valence-electron chi connectivity index (χ3n) is 3.04. The molecule has 0 aliphatic carbocycles. The lowest BCUT2D eigenvalue weighted by Gasteiger charge is -2.21. The van der Waals surface area contributed by atoms with Gasteiger partial charge >= 0.3 is 0 Å². The van der Waals surface area contributed by atoms with Crippen molar-refractivity contribution in [2.75, 3.05) is 11.9 Å². The Morgan fingerprint density at radius 3 is 2.81 bits per heavy atom. The van der Waals surface area contributed by atoms with Crippen LogP contribution in [0.25, 0.3) is 0 Å². The fraction of sp³-hybridized carbons (Fsp3) is 0.467. The molecule has 0 saturated carbocycles. The van der Waals surface area contributed by atoms with Crippen LogP contribution >= 0.6 is 27.3 Å². The molecule has 2 aromatic heterocycles. The summed E-state index contributed by atoms with van der Waals surface area (Å²) in [5.74, 6) is 0.997. The summed E-state index contributed by atoms with van der Waals surface area (Å²) in [5, 5.41) is 6.66. The predicted molar refractivity (Wildman–Crippen MR) is 92.9 cm³/mol. The van der Waals surface area contributed by atoms with Crippen molar-refractivity contribution in [2.45, 2.75) is 39.9 Å². The Kier molecular flexibility index (Phi) is 5.72. The summed E-state index contributed by atoms with van der Waals surface area (Å²) in [7, 11) is 2.06. The molecule has 114 valence electrons. The molecule has 0 amide bonds. The molecule has 0 aromatic carbocycles. The van der Waals surface area contributed by atoms with Gasteiger partial charge in [0.2, 0.25) is 0 Å². The topological polar surface area (TPSA) is 41.1 Å². The van der Waals surface area contributed by atoms with Crippen molar-refractivity contribution in [1.29, 1.82) is 0 Å². The molecule has 0 aliphatic heterocycles. The van der Waals surface area contributed by atoms with E-state index in [0.29, 0.717) is 6.04 Å². The minimum absolute atomic E-state index is 0.448. The van der Waals surface area contributed by atoms with Crippen molar-refractivity contribution in [3.63, 3.8) is 0 Å². The molecular formula is C15H21BrN4S. The number of anilines is 1. The number of thiazole rings is 1. The van der Waals surface area contributed by atoms with Crippen LogP contribution in [0.4, 0.5) is 5.82 Å². The van der Waals surface area contributed by atoms with Gasteiger partial charge in [0.05, 0.1) is 17.2 Å². The maximum Gasteiger partial charge on any atom is 0.133 e. The van der Waals surface area contributed by atoms with Gasteiger partial charge in [-0.2, -0.15) is 0 Å². The Hall–Kier alpha value is -0.980. The van der Waals surface area contributed by atoms with Gasteiger partial charge in [-0.25, -0.2) is 9.97 Å². The maximum absolute atomic E-state index is 4.57. The second kappa shape index (κ2) is 7.33. The Morgan fingerprint density at radius 2 is 2.19 bits per heavy atom. The highest BCUT2D eigenvalue weighted by Gasteiger charge is 2.12. The molecule has 0 fully saturated rings. The zero-order valence-corrected chi connectivity index (χ0v) is 15.3. The molecule has 6 heteroatoms. The zero-order valence-electron chi connectivity index (χ0n) is 12.9. The van der Waals surface area contributed by atoms with Crippen LogP contribution in [0, 0.1) is 6.92 Å².